The van der Waals surface area contributed by atoms with Crippen molar-refractivity contribution in [2.24, 2.45) is 0 Å². The van der Waals surface area contributed by atoms with E-state index in [1.165, 1.54) is 26.5 Å². The second kappa shape index (κ2) is 5.97. The van der Waals surface area contributed by atoms with E-state index >= 15 is 0 Å². The molecule has 120 valence electrons. The van der Waals surface area contributed by atoms with Crippen LogP contribution in [-0.2, 0) is 4.74 Å². The SMILES string of the molecule is COc1ccc2c(c1OC)C(=O)OC2NNC(=O)c1ccn[nH]1. The maximum absolute atomic E-state index is 12.1. The van der Waals surface area contributed by atoms with Crippen molar-refractivity contribution in [1.82, 2.24) is 21.0 Å². The summed E-state index contributed by atoms with van der Waals surface area (Å²) in [6.07, 6.45) is 0.626. The van der Waals surface area contributed by atoms with E-state index in [9.17, 15) is 9.59 Å². The second-order valence-corrected chi connectivity index (χ2v) is 4.62. The molecule has 3 rings (SSSR count). The fraction of sp³-hybridized carbons (Fsp3) is 0.214. The van der Waals surface area contributed by atoms with E-state index < -0.39 is 18.1 Å². The van der Waals surface area contributed by atoms with Gasteiger partial charge in [-0.3, -0.25) is 15.3 Å². The van der Waals surface area contributed by atoms with Gasteiger partial charge in [-0.2, -0.15) is 10.5 Å². The van der Waals surface area contributed by atoms with Gasteiger partial charge in [-0.1, -0.05) is 0 Å². The Morgan fingerprint density at radius 3 is 2.78 bits per heavy atom. The number of rotatable bonds is 5. The predicted molar refractivity (Wildman–Crippen MR) is 76.9 cm³/mol. The molecule has 0 fully saturated rings. The number of H-pyrrole nitrogens is 1. The van der Waals surface area contributed by atoms with Crippen molar-refractivity contribution in [3.05, 3.63) is 41.2 Å². The first-order chi connectivity index (χ1) is 11.2. The first-order valence-electron chi connectivity index (χ1n) is 6.66. The van der Waals surface area contributed by atoms with Gasteiger partial charge in [-0.05, 0) is 18.2 Å². The van der Waals surface area contributed by atoms with Crippen molar-refractivity contribution in [2.45, 2.75) is 6.23 Å². The van der Waals surface area contributed by atoms with E-state index in [4.69, 9.17) is 14.2 Å². The van der Waals surface area contributed by atoms with Crippen LogP contribution in [0.25, 0.3) is 0 Å². The number of ether oxygens (including phenoxy) is 3. The van der Waals surface area contributed by atoms with Crippen LogP contribution in [0.15, 0.2) is 24.4 Å². The Bertz CT molecular complexity index is 744. The average molecular weight is 318 g/mol. The number of hydrogen-bond donors (Lipinski definition) is 3. The molecule has 1 aliphatic rings. The molecule has 1 aliphatic heterocycles. The molecule has 23 heavy (non-hydrogen) atoms. The zero-order valence-electron chi connectivity index (χ0n) is 12.4. The molecule has 2 aromatic rings. The van der Waals surface area contributed by atoms with Crippen molar-refractivity contribution in [2.75, 3.05) is 14.2 Å². The van der Waals surface area contributed by atoms with E-state index in [1.807, 2.05) is 0 Å². The average Bonchev–Trinajstić information content (AvgIpc) is 3.20. The van der Waals surface area contributed by atoms with Gasteiger partial charge in [0.05, 0.1) is 14.2 Å². The van der Waals surface area contributed by atoms with E-state index in [2.05, 4.69) is 21.0 Å². The number of carbonyl (C=O) groups is 2. The number of amides is 1. The zero-order chi connectivity index (χ0) is 16.4. The molecule has 9 heteroatoms. The van der Waals surface area contributed by atoms with Crippen LogP contribution >= 0.6 is 0 Å². The number of carbonyl (C=O) groups excluding carboxylic acids is 2. The summed E-state index contributed by atoms with van der Waals surface area (Å²) in [5.41, 5.74) is 6.18. The number of aromatic nitrogens is 2. The Balaban J connectivity index is 1.80. The maximum Gasteiger partial charge on any atom is 0.344 e. The Kier molecular flexibility index (Phi) is 3.85. The Hall–Kier alpha value is -3.07. The van der Waals surface area contributed by atoms with Crippen LogP contribution in [0, 0.1) is 0 Å². The highest BCUT2D eigenvalue weighted by molar-refractivity contribution is 5.98. The molecular weight excluding hydrogens is 304 g/mol. The van der Waals surface area contributed by atoms with Crippen molar-refractivity contribution < 1.29 is 23.8 Å². The number of hydrazine groups is 1. The Morgan fingerprint density at radius 1 is 1.30 bits per heavy atom. The molecule has 0 aliphatic carbocycles. The zero-order valence-corrected chi connectivity index (χ0v) is 12.4. The number of cyclic esters (lactones) is 1. The third kappa shape index (κ3) is 2.57. The summed E-state index contributed by atoms with van der Waals surface area (Å²) in [6, 6.07) is 4.84. The van der Waals surface area contributed by atoms with Crippen LogP contribution in [0.2, 0.25) is 0 Å². The molecule has 1 unspecified atom stereocenters. The summed E-state index contributed by atoms with van der Waals surface area (Å²) in [4.78, 5) is 23.9. The van der Waals surface area contributed by atoms with Gasteiger partial charge in [0.15, 0.2) is 17.7 Å². The van der Waals surface area contributed by atoms with Gasteiger partial charge in [0, 0.05) is 11.8 Å². The van der Waals surface area contributed by atoms with Crippen LogP contribution < -0.4 is 20.3 Å². The summed E-state index contributed by atoms with van der Waals surface area (Å²) in [5, 5.41) is 6.21. The number of methoxy groups -OCH3 is 2. The molecule has 9 nitrogen and oxygen atoms in total. The highest BCUT2D eigenvalue weighted by Gasteiger charge is 2.36. The molecule has 1 aromatic heterocycles. The Morgan fingerprint density at radius 2 is 2.13 bits per heavy atom. The molecule has 0 spiro atoms. The minimum Gasteiger partial charge on any atom is -0.493 e. The van der Waals surface area contributed by atoms with E-state index in [1.54, 1.807) is 12.1 Å². The molecule has 1 amide bonds. The normalized spacial score (nSPS) is 15.7. The number of nitrogens with zero attached hydrogens (tertiary/aromatic N) is 1. The number of esters is 1. The van der Waals surface area contributed by atoms with E-state index in [0.29, 0.717) is 17.1 Å². The lowest BCUT2D eigenvalue weighted by Gasteiger charge is -2.14. The quantitative estimate of drug-likeness (QED) is 0.544. The van der Waals surface area contributed by atoms with Gasteiger partial charge in [0.25, 0.3) is 5.91 Å². The molecule has 0 saturated heterocycles. The van der Waals surface area contributed by atoms with Gasteiger partial charge in [-0.25, -0.2) is 4.79 Å². The largest absolute Gasteiger partial charge is 0.493 e. The van der Waals surface area contributed by atoms with Gasteiger partial charge in [-0.15, -0.1) is 0 Å². The van der Waals surface area contributed by atoms with E-state index in [-0.39, 0.29) is 11.3 Å². The van der Waals surface area contributed by atoms with Crippen LogP contribution in [0.1, 0.15) is 32.6 Å². The third-order valence-electron chi connectivity index (χ3n) is 3.35. The fourth-order valence-corrected chi connectivity index (χ4v) is 2.29. The lowest BCUT2D eigenvalue weighted by molar-refractivity contribution is 0.0259. The number of hydrogen-bond acceptors (Lipinski definition) is 7. The topological polar surface area (TPSA) is 115 Å². The van der Waals surface area contributed by atoms with Crippen LogP contribution in [0.4, 0.5) is 0 Å². The fourth-order valence-electron chi connectivity index (χ4n) is 2.29. The van der Waals surface area contributed by atoms with Crippen LogP contribution in [0.5, 0.6) is 11.5 Å². The molecule has 1 aromatic carbocycles. The maximum atomic E-state index is 12.1. The van der Waals surface area contributed by atoms with Crippen LogP contribution in [-0.4, -0.2) is 36.3 Å². The number of nitrogens with one attached hydrogen (secondary N) is 3. The third-order valence-corrected chi connectivity index (χ3v) is 3.35. The lowest BCUT2D eigenvalue weighted by Crippen LogP contribution is -2.40. The molecular formula is C14H14N4O5. The van der Waals surface area contributed by atoms with Gasteiger partial charge in [0.1, 0.15) is 11.3 Å². The first kappa shape index (κ1) is 14.9. The summed E-state index contributed by atoms with van der Waals surface area (Å²) in [5.74, 6) is -0.291. The van der Waals surface area contributed by atoms with E-state index in [0.717, 1.165) is 0 Å². The van der Waals surface area contributed by atoms with Crippen molar-refractivity contribution in [3.8, 4) is 11.5 Å². The lowest BCUT2D eigenvalue weighted by atomic mass is 10.1. The highest BCUT2D eigenvalue weighted by atomic mass is 16.6. The van der Waals surface area contributed by atoms with Gasteiger partial charge in [0.2, 0.25) is 0 Å². The summed E-state index contributed by atoms with van der Waals surface area (Å²) < 4.78 is 15.6. The minimum atomic E-state index is -0.829. The number of benzene rings is 1. The van der Waals surface area contributed by atoms with Crippen molar-refractivity contribution >= 4 is 11.9 Å². The highest BCUT2D eigenvalue weighted by Crippen LogP contribution is 2.40. The molecule has 3 N–H and O–H groups in total. The molecule has 0 saturated carbocycles. The summed E-state index contributed by atoms with van der Waals surface area (Å²) >= 11 is 0. The van der Waals surface area contributed by atoms with Crippen molar-refractivity contribution in [3.63, 3.8) is 0 Å². The summed E-state index contributed by atoms with van der Waals surface area (Å²) in [6.45, 7) is 0. The molecule has 2 heterocycles. The molecule has 0 radical (unpaired) electrons. The summed E-state index contributed by atoms with van der Waals surface area (Å²) in [7, 11) is 2.91. The second-order valence-electron chi connectivity index (χ2n) is 4.62. The Labute approximate surface area is 130 Å². The van der Waals surface area contributed by atoms with Crippen LogP contribution in [0.3, 0.4) is 0 Å². The molecule has 0 bridgehead atoms. The van der Waals surface area contributed by atoms with Crippen molar-refractivity contribution in [1.29, 1.82) is 0 Å². The van der Waals surface area contributed by atoms with Gasteiger partial charge >= 0.3 is 5.97 Å². The first-order valence-corrected chi connectivity index (χ1v) is 6.66. The standard InChI is InChI=1S/C14H14N4O5/c1-21-9-4-3-7-10(11(9)22-2)14(20)23-13(7)18-17-12(19)8-5-6-15-16-8/h3-6,13,18H,1-2H3,(H,15,16)(H,17,19). The van der Waals surface area contributed by atoms with Gasteiger partial charge < -0.3 is 14.2 Å². The predicted octanol–water partition coefficient (Wildman–Crippen LogP) is 0.530. The molecule has 1 atom stereocenters. The monoisotopic (exact) mass is 318 g/mol. The number of aromatic amines is 1. The smallest absolute Gasteiger partial charge is 0.344 e. The number of fused-ring (bicyclic) bond motifs is 1. The minimum absolute atomic E-state index is 0.264.